The summed E-state index contributed by atoms with van der Waals surface area (Å²) >= 11 is 0. The van der Waals surface area contributed by atoms with Crippen LogP contribution in [0.2, 0.25) is 0 Å². The number of allylic oxidation sites excluding steroid dienone is 4. The number of hydrogen-bond acceptors (Lipinski definition) is 6. The molecule has 0 aromatic heterocycles. The molecule has 6 nitrogen and oxygen atoms in total. The Morgan fingerprint density at radius 3 is 0.735 bits per heavy atom. The van der Waals surface area contributed by atoms with Crippen LogP contribution in [0.15, 0.2) is 24.3 Å². The van der Waals surface area contributed by atoms with Gasteiger partial charge in [0.25, 0.3) is 0 Å². The van der Waals surface area contributed by atoms with Crippen molar-refractivity contribution in [2.24, 2.45) is 0 Å². The van der Waals surface area contributed by atoms with Crippen molar-refractivity contribution in [1.29, 1.82) is 0 Å². The summed E-state index contributed by atoms with van der Waals surface area (Å²) in [5.74, 6) is -0.864. The molecule has 1 atom stereocenters. The molecule has 400 valence electrons. The standard InChI is InChI=1S/C62H116O6/c1-4-7-10-13-16-19-21-23-25-26-27-28-29-30-31-32-33-34-35-36-38-39-41-43-46-49-52-55-61(64)67-58-59(57-66-60(63)54-51-48-45-18-15-12-9-6-3)68-62(65)56-53-50-47-44-42-40-37-24-22-20-17-14-11-8-5-2/h24,26-27,37,59H,4-23,25,28-36,38-58H2,1-3H3/b27-26-,37-24-. The molecule has 0 radical (unpaired) electrons. The molecule has 0 aliphatic rings. The van der Waals surface area contributed by atoms with E-state index < -0.39 is 6.10 Å². The van der Waals surface area contributed by atoms with Gasteiger partial charge in [-0.25, -0.2) is 0 Å². The van der Waals surface area contributed by atoms with Gasteiger partial charge in [0.15, 0.2) is 6.10 Å². The van der Waals surface area contributed by atoms with Crippen LogP contribution in [0.3, 0.4) is 0 Å². The first-order valence-electron chi connectivity index (χ1n) is 30.3. The van der Waals surface area contributed by atoms with Gasteiger partial charge in [0, 0.05) is 19.3 Å². The molecule has 0 amide bonds. The Hall–Kier alpha value is -2.11. The topological polar surface area (TPSA) is 78.9 Å². The van der Waals surface area contributed by atoms with Gasteiger partial charge in [-0.05, 0) is 70.6 Å². The monoisotopic (exact) mass is 957 g/mol. The Labute approximate surface area is 423 Å². The lowest BCUT2D eigenvalue weighted by Crippen LogP contribution is -2.30. The van der Waals surface area contributed by atoms with Gasteiger partial charge < -0.3 is 14.2 Å². The van der Waals surface area contributed by atoms with Crippen LogP contribution >= 0.6 is 0 Å². The van der Waals surface area contributed by atoms with Crippen LogP contribution in [0.5, 0.6) is 0 Å². The van der Waals surface area contributed by atoms with E-state index in [2.05, 4.69) is 45.1 Å². The van der Waals surface area contributed by atoms with E-state index in [0.717, 1.165) is 64.2 Å². The van der Waals surface area contributed by atoms with E-state index >= 15 is 0 Å². The van der Waals surface area contributed by atoms with Crippen LogP contribution in [-0.4, -0.2) is 37.2 Å². The van der Waals surface area contributed by atoms with Gasteiger partial charge in [-0.1, -0.05) is 270 Å². The lowest BCUT2D eigenvalue weighted by molar-refractivity contribution is -0.167. The smallest absolute Gasteiger partial charge is 0.306 e. The van der Waals surface area contributed by atoms with Gasteiger partial charge in [-0.2, -0.15) is 0 Å². The highest BCUT2D eigenvalue weighted by Crippen LogP contribution is 2.17. The summed E-state index contributed by atoms with van der Waals surface area (Å²) in [6, 6.07) is 0. The van der Waals surface area contributed by atoms with Crippen LogP contribution in [0, 0.1) is 0 Å². The molecule has 0 aliphatic carbocycles. The number of unbranched alkanes of at least 4 members (excludes halogenated alkanes) is 41. The highest BCUT2D eigenvalue weighted by molar-refractivity contribution is 5.71. The largest absolute Gasteiger partial charge is 0.462 e. The normalized spacial score (nSPS) is 12.1. The first-order valence-corrected chi connectivity index (χ1v) is 30.3. The number of ether oxygens (including phenoxy) is 3. The summed E-state index contributed by atoms with van der Waals surface area (Å²) in [5, 5.41) is 0. The predicted molar refractivity (Wildman–Crippen MR) is 293 cm³/mol. The number of esters is 3. The third-order valence-electron chi connectivity index (χ3n) is 13.7. The van der Waals surface area contributed by atoms with Crippen LogP contribution < -0.4 is 0 Å². The molecule has 0 rings (SSSR count). The molecule has 0 aromatic rings. The molecule has 0 heterocycles. The Morgan fingerprint density at radius 1 is 0.279 bits per heavy atom. The second-order valence-corrected chi connectivity index (χ2v) is 20.6. The zero-order valence-corrected chi connectivity index (χ0v) is 45.9. The molecule has 0 fully saturated rings. The van der Waals surface area contributed by atoms with E-state index in [9.17, 15) is 14.4 Å². The minimum absolute atomic E-state index is 0.0701. The summed E-state index contributed by atoms with van der Waals surface area (Å²) in [4.78, 5) is 38.0. The molecule has 68 heavy (non-hydrogen) atoms. The Balaban J connectivity index is 4.08. The quantitative estimate of drug-likeness (QED) is 0.0262. The molecule has 0 aromatic carbocycles. The summed E-state index contributed by atoms with van der Waals surface area (Å²) in [5.41, 5.74) is 0. The molecule has 1 unspecified atom stereocenters. The zero-order chi connectivity index (χ0) is 49.3. The zero-order valence-electron chi connectivity index (χ0n) is 45.9. The molecular formula is C62H116O6. The average Bonchev–Trinajstić information content (AvgIpc) is 3.34. The molecule has 0 saturated heterocycles. The third-order valence-corrected chi connectivity index (χ3v) is 13.7. The van der Waals surface area contributed by atoms with Gasteiger partial charge >= 0.3 is 17.9 Å². The van der Waals surface area contributed by atoms with Gasteiger partial charge in [-0.15, -0.1) is 0 Å². The maximum absolute atomic E-state index is 12.8. The summed E-state index contributed by atoms with van der Waals surface area (Å²) in [6.07, 6.45) is 67.7. The van der Waals surface area contributed by atoms with E-state index in [1.165, 1.54) is 231 Å². The van der Waals surface area contributed by atoms with Crippen LogP contribution in [0.25, 0.3) is 0 Å². The minimum atomic E-state index is -0.770. The van der Waals surface area contributed by atoms with Crippen molar-refractivity contribution in [2.75, 3.05) is 13.2 Å². The fourth-order valence-corrected chi connectivity index (χ4v) is 9.08. The summed E-state index contributed by atoms with van der Waals surface area (Å²) in [6.45, 7) is 6.64. The number of hydrogen-bond donors (Lipinski definition) is 0. The van der Waals surface area contributed by atoms with Gasteiger partial charge in [-0.3, -0.25) is 14.4 Å². The second-order valence-electron chi connectivity index (χ2n) is 20.6. The van der Waals surface area contributed by atoms with Gasteiger partial charge in [0.2, 0.25) is 0 Å². The maximum atomic E-state index is 12.8. The second kappa shape index (κ2) is 57.5. The average molecular weight is 958 g/mol. The molecule has 0 N–H and O–H groups in total. The van der Waals surface area contributed by atoms with Crippen molar-refractivity contribution in [3.8, 4) is 0 Å². The van der Waals surface area contributed by atoms with E-state index in [1.54, 1.807) is 0 Å². The molecule has 6 heteroatoms. The molecule has 0 aliphatic heterocycles. The van der Waals surface area contributed by atoms with E-state index in [4.69, 9.17) is 14.2 Å². The van der Waals surface area contributed by atoms with Crippen molar-refractivity contribution < 1.29 is 28.6 Å². The minimum Gasteiger partial charge on any atom is -0.462 e. The first kappa shape index (κ1) is 65.9. The van der Waals surface area contributed by atoms with Crippen molar-refractivity contribution in [3.05, 3.63) is 24.3 Å². The fraction of sp³-hybridized carbons (Fsp3) is 0.887. The van der Waals surface area contributed by atoms with Crippen LogP contribution in [-0.2, 0) is 28.6 Å². The van der Waals surface area contributed by atoms with E-state index in [-0.39, 0.29) is 31.1 Å². The Kier molecular flexibility index (Phi) is 55.7. The maximum Gasteiger partial charge on any atom is 0.306 e. The fourth-order valence-electron chi connectivity index (χ4n) is 9.08. The summed E-state index contributed by atoms with van der Waals surface area (Å²) < 4.78 is 16.8. The van der Waals surface area contributed by atoms with E-state index in [0.29, 0.717) is 19.3 Å². The molecule has 0 bridgehead atoms. The number of carbonyl (C=O) groups excluding carboxylic acids is 3. The highest BCUT2D eigenvalue weighted by atomic mass is 16.6. The molecule has 0 saturated carbocycles. The third kappa shape index (κ3) is 54.8. The SMILES string of the molecule is CCCCCCCC/C=C\CCCCCCCC(=O)OC(COC(=O)CCCCCCCCCC)COC(=O)CCCCCCCCCCCCCCCCC/C=C\CCCCCCCCCC. The lowest BCUT2D eigenvalue weighted by Gasteiger charge is -2.18. The van der Waals surface area contributed by atoms with E-state index in [1.807, 2.05) is 0 Å². The number of rotatable bonds is 56. The van der Waals surface area contributed by atoms with Crippen molar-refractivity contribution in [3.63, 3.8) is 0 Å². The molecule has 0 spiro atoms. The Morgan fingerprint density at radius 2 is 0.485 bits per heavy atom. The summed E-state index contributed by atoms with van der Waals surface area (Å²) in [7, 11) is 0. The van der Waals surface area contributed by atoms with Crippen molar-refractivity contribution in [2.45, 2.75) is 341 Å². The Bertz CT molecular complexity index is 1100. The lowest BCUT2D eigenvalue weighted by atomic mass is 10.0. The highest BCUT2D eigenvalue weighted by Gasteiger charge is 2.19. The van der Waals surface area contributed by atoms with Gasteiger partial charge in [0.1, 0.15) is 13.2 Å². The van der Waals surface area contributed by atoms with Crippen LogP contribution in [0.1, 0.15) is 335 Å². The predicted octanol–water partition coefficient (Wildman–Crippen LogP) is 20.3. The molecular weight excluding hydrogens is 841 g/mol. The van der Waals surface area contributed by atoms with Crippen LogP contribution in [0.4, 0.5) is 0 Å². The van der Waals surface area contributed by atoms with Gasteiger partial charge in [0.05, 0.1) is 0 Å². The van der Waals surface area contributed by atoms with Crippen molar-refractivity contribution >= 4 is 17.9 Å². The first-order chi connectivity index (χ1) is 33.5. The number of carbonyl (C=O) groups is 3. The van der Waals surface area contributed by atoms with Crippen molar-refractivity contribution in [1.82, 2.24) is 0 Å².